The average molecular weight is 647 g/mol. The van der Waals surface area contributed by atoms with E-state index in [1.807, 2.05) is 0 Å². The smallest absolute Gasteiger partial charge is 0.340 e. The molecule has 4 aromatic heterocycles. The maximum atomic E-state index is 14.0. The Morgan fingerprint density at radius 2 is 1.70 bits per heavy atom. The van der Waals surface area contributed by atoms with Crippen molar-refractivity contribution in [2.24, 2.45) is 0 Å². The van der Waals surface area contributed by atoms with Crippen molar-refractivity contribution in [2.45, 2.75) is 25.7 Å². The summed E-state index contributed by atoms with van der Waals surface area (Å²) in [5.41, 5.74) is 2.46. The molecule has 0 aliphatic heterocycles. The van der Waals surface area contributed by atoms with Gasteiger partial charge in [-0.15, -0.1) is 11.3 Å². The molecular formula is C30H23ClN6O5S2. The number of ether oxygens (including phenoxy) is 1. The van der Waals surface area contributed by atoms with Gasteiger partial charge in [0.15, 0.2) is 0 Å². The molecule has 14 heteroatoms. The zero-order chi connectivity index (χ0) is 31.2. The van der Waals surface area contributed by atoms with Crippen LogP contribution >= 0.6 is 22.9 Å². The Morgan fingerprint density at radius 1 is 1.02 bits per heavy atom. The average Bonchev–Trinajstić information content (AvgIpc) is 3.35. The number of fused-ring (bicyclic) bond motifs is 3. The number of carbonyl (C=O) groups is 1. The number of halogens is 1. The van der Waals surface area contributed by atoms with Crippen LogP contribution < -0.4 is 10.3 Å². The Balaban J connectivity index is 1.52. The van der Waals surface area contributed by atoms with Gasteiger partial charge in [0.05, 0.1) is 34.0 Å². The van der Waals surface area contributed by atoms with Crippen LogP contribution in [0, 0.1) is 13.8 Å². The molecule has 0 saturated carbocycles. The first-order valence-electron chi connectivity index (χ1n) is 13.3. The van der Waals surface area contributed by atoms with Gasteiger partial charge >= 0.3 is 5.97 Å². The standard InChI is InChI=1S/C30H23ClN6O5S2/c1-4-42-29(39)22-16(2)34-27-24(23(22)18-6-8-19(31)9-7-18)25-26(43-27)28(38)37(17(3)35-25)20-10-12-21(13-11-20)44(40,41)36-30-32-14-5-15-33-30/h5-15H,4H2,1-3H3,(H,32,33,36). The normalized spacial score (nSPS) is 11.6. The van der Waals surface area contributed by atoms with Gasteiger partial charge in [-0.05, 0) is 68.8 Å². The topological polar surface area (TPSA) is 146 Å². The number of nitrogens with zero attached hydrogens (tertiary/aromatic N) is 5. The number of thiophene rings is 1. The fraction of sp³-hybridized carbons (Fsp3) is 0.133. The fourth-order valence-electron chi connectivity index (χ4n) is 4.91. The highest BCUT2D eigenvalue weighted by Gasteiger charge is 2.26. The zero-order valence-electron chi connectivity index (χ0n) is 23.5. The minimum absolute atomic E-state index is 0.0333. The lowest BCUT2D eigenvalue weighted by Crippen LogP contribution is -2.21. The first kappa shape index (κ1) is 29.4. The van der Waals surface area contributed by atoms with Crippen LogP contribution in [-0.2, 0) is 14.8 Å². The predicted molar refractivity (Wildman–Crippen MR) is 169 cm³/mol. The van der Waals surface area contributed by atoms with Crippen molar-refractivity contribution in [1.82, 2.24) is 24.5 Å². The number of hydrogen-bond acceptors (Lipinski definition) is 10. The number of anilines is 1. The molecule has 4 heterocycles. The molecule has 0 atom stereocenters. The van der Waals surface area contributed by atoms with Crippen molar-refractivity contribution < 1.29 is 17.9 Å². The molecule has 0 aliphatic carbocycles. The van der Waals surface area contributed by atoms with Gasteiger partial charge in [-0.3, -0.25) is 9.36 Å². The van der Waals surface area contributed by atoms with Gasteiger partial charge in [0.2, 0.25) is 5.95 Å². The van der Waals surface area contributed by atoms with Crippen LogP contribution in [0.5, 0.6) is 0 Å². The second-order valence-corrected chi connectivity index (χ2v) is 12.7. The van der Waals surface area contributed by atoms with E-state index >= 15 is 0 Å². The van der Waals surface area contributed by atoms with Gasteiger partial charge in [-0.1, -0.05) is 23.7 Å². The van der Waals surface area contributed by atoms with E-state index in [4.69, 9.17) is 21.3 Å². The monoisotopic (exact) mass is 646 g/mol. The number of rotatable bonds is 7. The third-order valence-electron chi connectivity index (χ3n) is 6.80. The van der Waals surface area contributed by atoms with Crippen LogP contribution in [0.1, 0.15) is 28.8 Å². The molecule has 0 saturated heterocycles. The predicted octanol–water partition coefficient (Wildman–Crippen LogP) is 5.70. The molecule has 0 amide bonds. The largest absolute Gasteiger partial charge is 0.462 e. The molecule has 44 heavy (non-hydrogen) atoms. The number of benzene rings is 2. The number of nitrogens with one attached hydrogen (secondary N) is 1. The van der Waals surface area contributed by atoms with E-state index < -0.39 is 16.0 Å². The van der Waals surface area contributed by atoms with Gasteiger partial charge in [-0.25, -0.2) is 37.9 Å². The molecule has 0 bridgehead atoms. The fourth-order valence-corrected chi connectivity index (χ4v) is 7.09. The van der Waals surface area contributed by atoms with E-state index in [2.05, 4.69) is 19.7 Å². The van der Waals surface area contributed by atoms with Crippen molar-refractivity contribution >= 4 is 65.3 Å². The lowest BCUT2D eigenvalue weighted by Gasteiger charge is -2.14. The van der Waals surface area contributed by atoms with Crippen molar-refractivity contribution in [2.75, 3.05) is 11.3 Å². The Labute approximate surface area is 260 Å². The lowest BCUT2D eigenvalue weighted by molar-refractivity contribution is 0.0526. The van der Waals surface area contributed by atoms with Crippen molar-refractivity contribution in [3.05, 3.63) is 99.4 Å². The third-order valence-corrected chi connectivity index (χ3v) is 9.46. The number of aromatic nitrogens is 5. The molecule has 0 fully saturated rings. The van der Waals surface area contributed by atoms with Crippen LogP contribution in [0.15, 0.2) is 76.7 Å². The Bertz CT molecular complexity index is 2240. The van der Waals surface area contributed by atoms with E-state index in [0.29, 0.717) is 53.8 Å². The van der Waals surface area contributed by atoms with E-state index in [1.165, 1.54) is 52.6 Å². The highest BCUT2D eigenvalue weighted by molar-refractivity contribution is 7.92. The first-order chi connectivity index (χ1) is 21.1. The van der Waals surface area contributed by atoms with Gasteiger partial charge in [0, 0.05) is 28.4 Å². The summed E-state index contributed by atoms with van der Waals surface area (Å²) < 4.78 is 35.1. The molecule has 222 valence electrons. The Kier molecular flexibility index (Phi) is 7.61. The van der Waals surface area contributed by atoms with Crippen molar-refractivity contribution in [3.63, 3.8) is 0 Å². The number of carbonyl (C=O) groups excluding carboxylic acids is 1. The molecule has 6 rings (SSSR count). The number of sulfonamides is 1. The molecule has 6 aromatic rings. The van der Waals surface area contributed by atoms with Crippen molar-refractivity contribution in [1.29, 1.82) is 0 Å². The maximum absolute atomic E-state index is 14.0. The second kappa shape index (κ2) is 11.4. The van der Waals surface area contributed by atoms with Crippen LogP contribution in [0.3, 0.4) is 0 Å². The maximum Gasteiger partial charge on any atom is 0.340 e. The molecular weight excluding hydrogens is 624 g/mol. The summed E-state index contributed by atoms with van der Waals surface area (Å²) in [5, 5.41) is 1.09. The molecule has 11 nitrogen and oxygen atoms in total. The van der Waals surface area contributed by atoms with Crippen molar-refractivity contribution in [3.8, 4) is 16.8 Å². The molecule has 0 spiro atoms. The molecule has 0 radical (unpaired) electrons. The first-order valence-corrected chi connectivity index (χ1v) is 16.0. The third kappa shape index (κ3) is 5.19. The Hall–Kier alpha value is -4.72. The number of aryl methyl sites for hydroxylation is 2. The molecule has 0 aliphatic rings. The summed E-state index contributed by atoms with van der Waals surface area (Å²) in [4.78, 5) is 45.0. The number of esters is 1. The van der Waals surface area contributed by atoms with Gasteiger partial charge < -0.3 is 4.74 Å². The summed E-state index contributed by atoms with van der Waals surface area (Å²) in [5.74, 6) is -0.234. The summed E-state index contributed by atoms with van der Waals surface area (Å²) in [6, 6.07) is 14.4. The van der Waals surface area contributed by atoms with Gasteiger partial charge in [0.1, 0.15) is 15.4 Å². The SMILES string of the molecule is CCOC(=O)c1c(C)nc2sc3c(=O)n(-c4ccc(S(=O)(=O)Nc5ncccn5)cc4)c(C)nc3c2c1-c1ccc(Cl)cc1. The molecule has 2 aromatic carbocycles. The van der Waals surface area contributed by atoms with Crippen LogP contribution in [0.2, 0.25) is 5.02 Å². The van der Waals surface area contributed by atoms with Crippen LogP contribution in [0.4, 0.5) is 5.95 Å². The van der Waals surface area contributed by atoms with E-state index in [-0.39, 0.29) is 28.6 Å². The zero-order valence-corrected chi connectivity index (χ0v) is 25.9. The molecule has 0 unspecified atom stereocenters. The summed E-state index contributed by atoms with van der Waals surface area (Å²) in [6.45, 7) is 5.31. The highest BCUT2D eigenvalue weighted by atomic mass is 35.5. The number of pyridine rings is 1. The summed E-state index contributed by atoms with van der Waals surface area (Å²) in [7, 11) is -3.97. The van der Waals surface area contributed by atoms with Gasteiger partial charge in [0.25, 0.3) is 15.6 Å². The second-order valence-electron chi connectivity index (χ2n) is 9.61. The molecule has 1 N–H and O–H groups in total. The minimum Gasteiger partial charge on any atom is -0.462 e. The van der Waals surface area contributed by atoms with E-state index in [9.17, 15) is 18.0 Å². The lowest BCUT2D eigenvalue weighted by atomic mass is 9.95. The minimum atomic E-state index is -3.97. The Morgan fingerprint density at radius 3 is 2.36 bits per heavy atom. The van der Waals surface area contributed by atoms with E-state index in [0.717, 1.165) is 0 Å². The summed E-state index contributed by atoms with van der Waals surface area (Å²) >= 11 is 7.33. The van der Waals surface area contributed by atoms with Gasteiger partial charge in [-0.2, -0.15) is 0 Å². The highest BCUT2D eigenvalue weighted by Crippen LogP contribution is 2.41. The van der Waals surface area contributed by atoms with E-state index in [1.54, 1.807) is 51.1 Å². The summed E-state index contributed by atoms with van der Waals surface area (Å²) in [6.07, 6.45) is 2.85. The quantitative estimate of drug-likeness (QED) is 0.216. The number of hydrogen-bond donors (Lipinski definition) is 1. The van der Waals surface area contributed by atoms with Crippen LogP contribution in [0.25, 0.3) is 37.2 Å². The van der Waals surface area contributed by atoms with Crippen LogP contribution in [-0.4, -0.2) is 45.5 Å².